The lowest BCUT2D eigenvalue weighted by Gasteiger charge is -2.07. The molecule has 0 unspecified atom stereocenters. The highest BCUT2D eigenvalue weighted by Gasteiger charge is 2.18. The van der Waals surface area contributed by atoms with Gasteiger partial charge in [-0.15, -0.1) is 5.10 Å². The number of hydrogen-bond acceptors (Lipinski definition) is 5. The zero-order valence-electron chi connectivity index (χ0n) is 13.8. The van der Waals surface area contributed by atoms with Crippen LogP contribution in [0.3, 0.4) is 0 Å². The Morgan fingerprint density at radius 1 is 0.769 bits per heavy atom. The predicted octanol–water partition coefficient (Wildman–Crippen LogP) is 3.47. The van der Waals surface area contributed by atoms with Crippen LogP contribution in [0.1, 0.15) is 5.56 Å². The molecule has 4 aromatic rings. The smallest absolute Gasteiger partial charge is 0.185 e. The van der Waals surface area contributed by atoms with Crippen molar-refractivity contribution in [3.05, 3.63) is 78.6 Å². The van der Waals surface area contributed by atoms with Crippen LogP contribution in [0.25, 0.3) is 22.8 Å². The molecule has 2 aromatic heterocycles. The van der Waals surface area contributed by atoms with Crippen molar-refractivity contribution < 1.29 is 10.2 Å². The highest BCUT2D eigenvalue weighted by Crippen LogP contribution is 2.32. The summed E-state index contributed by atoms with van der Waals surface area (Å²) in [6, 6.07) is 17.7. The summed E-state index contributed by atoms with van der Waals surface area (Å²) in [7, 11) is 0. The molecule has 0 aliphatic carbocycles. The van der Waals surface area contributed by atoms with Gasteiger partial charge >= 0.3 is 0 Å². The first-order valence-electron chi connectivity index (χ1n) is 8.13. The molecule has 4 rings (SSSR count). The third-order valence-electron chi connectivity index (χ3n) is 4.04. The maximum atomic E-state index is 10.2. The van der Waals surface area contributed by atoms with Gasteiger partial charge < -0.3 is 10.2 Å². The molecule has 0 saturated heterocycles. The van der Waals surface area contributed by atoms with E-state index < -0.39 is 0 Å². The highest BCUT2D eigenvalue weighted by atomic mass is 16.3. The second-order valence-electron chi connectivity index (χ2n) is 5.81. The predicted molar refractivity (Wildman–Crippen MR) is 97.6 cm³/mol. The van der Waals surface area contributed by atoms with Crippen molar-refractivity contribution in [2.24, 2.45) is 0 Å². The average molecular weight is 344 g/mol. The molecule has 0 aliphatic rings. The molecule has 0 amide bonds. The Labute approximate surface area is 150 Å². The van der Waals surface area contributed by atoms with Gasteiger partial charge in [0.1, 0.15) is 11.5 Å². The molecule has 6 heteroatoms. The minimum atomic E-state index is 0.109. The fraction of sp³-hybridized carbons (Fsp3) is 0.0500. The van der Waals surface area contributed by atoms with Crippen LogP contribution < -0.4 is 0 Å². The first-order valence-corrected chi connectivity index (χ1v) is 8.13. The maximum Gasteiger partial charge on any atom is 0.185 e. The van der Waals surface area contributed by atoms with Gasteiger partial charge in [0.25, 0.3) is 0 Å². The molecular weight excluding hydrogens is 328 g/mol. The van der Waals surface area contributed by atoms with E-state index >= 15 is 0 Å². The minimum Gasteiger partial charge on any atom is -0.507 e. The Morgan fingerprint density at radius 2 is 1.38 bits per heavy atom. The van der Waals surface area contributed by atoms with Crippen LogP contribution in [0.15, 0.2) is 73.1 Å². The van der Waals surface area contributed by atoms with Gasteiger partial charge in [0.15, 0.2) is 11.6 Å². The third-order valence-corrected chi connectivity index (χ3v) is 4.04. The molecule has 2 aromatic carbocycles. The molecule has 0 saturated carbocycles. The maximum absolute atomic E-state index is 10.2. The van der Waals surface area contributed by atoms with Gasteiger partial charge in [-0.3, -0.25) is 4.98 Å². The molecule has 0 radical (unpaired) electrons. The largest absolute Gasteiger partial charge is 0.507 e. The summed E-state index contributed by atoms with van der Waals surface area (Å²) < 4.78 is 1.71. The van der Waals surface area contributed by atoms with Crippen LogP contribution in [0.2, 0.25) is 0 Å². The van der Waals surface area contributed by atoms with E-state index in [0.717, 1.165) is 5.56 Å². The molecule has 26 heavy (non-hydrogen) atoms. The van der Waals surface area contributed by atoms with Gasteiger partial charge in [-0.1, -0.05) is 24.3 Å². The molecule has 6 nitrogen and oxygen atoms in total. The van der Waals surface area contributed by atoms with E-state index in [1.807, 2.05) is 24.3 Å². The van der Waals surface area contributed by atoms with E-state index in [0.29, 0.717) is 29.3 Å². The zero-order chi connectivity index (χ0) is 17.9. The Bertz CT molecular complexity index is 1040. The Balaban J connectivity index is 1.86. The molecule has 2 N–H and O–H groups in total. The number of nitrogens with zero attached hydrogens (tertiary/aromatic N) is 4. The number of para-hydroxylation sites is 2. The second kappa shape index (κ2) is 6.68. The Kier molecular flexibility index (Phi) is 4.07. The molecule has 128 valence electrons. The molecular formula is C20H16N4O2. The molecule has 0 spiro atoms. The van der Waals surface area contributed by atoms with E-state index in [1.54, 1.807) is 53.5 Å². The fourth-order valence-corrected chi connectivity index (χ4v) is 2.75. The number of aromatic hydroxyl groups is 2. The van der Waals surface area contributed by atoms with Crippen molar-refractivity contribution in [2.75, 3.05) is 0 Å². The monoisotopic (exact) mass is 344 g/mol. The SMILES string of the molecule is Oc1ccccc1-c1nc(-c2ccccc2O)n(Cc2ccncc2)n1. The molecule has 0 fully saturated rings. The minimum absolute atomic E-state index is 0.109. The van der Waals surface area contributed by atoms with E-state index in [-0.39, 0.29) is 11.5 Å². The van der Waals surface area contributed by atoms with E-state index in [4.69, 9.17) is 0 Å². The van der Waals surface area contributed by atoms with Crippen LogP contribution in [-0.2, 0) is 6.54 Å². The normalized spacial score (nSPS) is 10.8. The summed E-state index contributed by atoms with van der Waals surface area (Å²) in [6.45, 7) is 0.465. The van der Waals surface area contributed by atoms with E-state index in [1.165, 1.54) is 0 Å². The van der Waals surface area contributed by atoms with Crippen LogP contribution in [0.5, 0.6) is 11.5 Å². The van der Waals surface area contributed by atoms with Gasteiger partial charge in [-0.2, -0.15) is 0 Å². The number of pyridine rings is 1. The number of benzene rings is 2. The van der Waals surface area contributed by atoms with Crippen molar-refractivity contribution in [2.45, 2.75) is 6.54 Å². The standard InChI is InChI=1S/C20H16N4O2/c25-17-7-3-1-5-15(17)19-22-20(16-6-2-4-8-18(16)26)24(23-19)13-14-9-11-21-12-10-14/h1-12,25-26H,13H2. The number of phenols is 2. The van der Waals surface area contributed by atoms with Crippen LogP contribution >= 0.6 is 0 Å². The summed E-state index contributed by atoms with van der Waals surface area (Å²) in [5.41, 5.74) is 2.12. The highest BCUT2D eigenvalue weighted by molar-refractivity contribution is 5.69. The Hall–Kier alpha value is -3.67. The number of hydrogen-bond donors (Lipinski definition) is 2. The van der Waals surface area contributed by atoms with Crippen molar-refractivity contribution in [3.63, 3.8) is 0 Å². The number of aromatic nitrogens is 4. The van der Waals surface area contributed by atoms with Crippen molar-refractivity contribution in [1.29, 1.82) is 0 Å². The van der Waals surface area contributed by atoms with Crippen molar-refractivity contribution in [1.82, 2.24) is 19.7 Å². The summed E-state index contributed by atoms with van der Waals surface area (Å²) in [5.74, 6) is 1.16. The van der Waals surface area contributed by atoms with Crippen LogP contribution in [0, 0.1) is 0 Å². The van der Waals surface area contributed by atoms with E-state index in [9.17, 15) is 10.2 Å². The lowest BCUT2D eigenvalue weighted by atomic mass is 10.1. The van der Waals surface area contributed by atoms with Crippen molar-refractivity contribution >= 4 is 0 Å². The van der Waals surface area contributed by atoms with Gasteiger partial charge in [0, 0.05) is 12.4 Å². The third kappa shape index (κ3) is 3.00. The molecule has 0 atom stereocenters. The first kappa shape index (κ1) is 15.8. The lowest BCUT2D eigenvalue weighted by Crippen LogP contribution is -2.04. The van der Waals surface area contributed by atoms with Gasteiger partial charge in [0.2, 0.25) is 0 Å². The average Bonchev–Trinajstić information content (AvgIpc) is 3.06. The summed E-state index contributed by atoms with van der Waals surface area (Å²) in [6.07, 6.45) is 3.44. The molecule has 2 heterocycles. The second-order valence-corrected chi connectivity index (χ2v) is 5.81. The van der Waals surface area contributed by atoms with Gasteiger partial charge in [0.05, 0.1) is 17.7 Å². The Morgan fingerprint density at radius 3 is 2.04 bits per heavy atom. The summed E-state index contributed by atoms with van der Waals surface area (Å²) in [4.78, 5) is 8.61. The molecule has 0 bridgehead atoms. The number of phenolic OH excluding ortho intramolecular Hbond substituents is 2. The summed E-state index contributed by atoms with van der Waals surface area (Å²) >= 11 is 0. The van der Waals surface area contributed by atoms with Crippen LogP contribution in [-0.4, -0.2) is 30.0 Å². The number of rotatable bonds is 4. The van der Waals surface area contributed by atoms with Gasteiger partial charge in [-0.05, 0) is 42.0 Å². The van der Waals surface area contributed by atoms with E-state index in [2.05, 4.69) is 15.1 Å². The lowest BCUT2D eigenvalue weighted by molar-refractivity contribution is 0.476. The topological polar surface area (TPSA) is 84.1 Å². The van der Waals surface area contributed by atoms with Crippen molar-refractivity contribution in [3.8, 4) is 34.3 Å². The van der Waals surface area contributed by atoms with Gasteiger partial charge in [-0.25, -0.2) is 9.67 Å². The zero-order valence-corrected chi connectivity index (χ0v) is 13.8. The fourth-order valence-electron chi connectivity index (χ4n) is 2.75. The molecule has 0 aliphatic heterocycles. The van der Waals surface area contributed by atoms with Crippen LogP contribution in [0.4, 0.5) is 0 Å². The first-order chi connectivity index (χ1) is 12.7. The summed E-state index contributed by atoms with van der Waals surface area (Å²) in [5, 5.41) is 24.9. The quantitative estimate of drug-likeness (QED) is 0.592.